The van der Waals surface area contributed by atoms with Crippen molar-refractivity contribution in [3.63, 3.8) is 0 Å². The van der Waals surface area contributed by atoms with Gasteiger partial charge in [0.25, 0.3) is 5.91 Å². The smallest absolute Gasteiger partial charge is 0.275 e. The largest absolute Gasteiger partial charge is 0.353 e. The van der Waals surface area contributed by atoms with E-state index < -0.39 is 47.7 Å². The Kier molecular flexibility index (Phi) is 10.4. The number of aromatic nitrogens is 2. The lowest BCUT2D eigenvalue weighted by atomic mass is 10.0. The van der Waals surface area contributed by atoms with Crippen molar-refractivity contribution >= 4 is 40.4 Å². The van der Waals surface area contributed by atoms with E-state index in [4.69, 9.17) is 0 Å². The summed E-state index contributed by atoms with van der Waals surface area (Å²) in [7, 11) is 3.23. The quantitative estimate of drug-likeness (QED) is 0.400. The summed E-state index contributed by atoms with van der Waals surface area (Å²) in [5, 5.41) is 13.5. The summed E-state index contributed by atoms with van der Waals surface area (Å²) in [6.07, 6.45) is 0.556. The van der Waals surface area contributed by atoms with Crippen LogP contribution in [0.1, 0.15) is 43.2 Å². The predicted octanol–water partition coefficient (Wildman–Crippen LogP) is 1.25. The van der Waals surface area contributed by atoms with Crippen LogP contribution in [0.25, 0.3) is 10.9 Å². The summed E-state index contributed by atoms with van der Waals surface area (Å²) < 4.78 is 1.60. The highest BCUT2D eigenvalue weighted by atomic mass is 16.2. The molecule has 0 spiro atoms. The molecule has 1 aliphatic rings. The molecule has 1 fully saturated rings. The fraction of sp³-hybridized carbons (Fsp3) is 0.438. The van der Waals surface area contributed by atoms with Gasteiger partial charge < -0.3 is 25.8 Å². The number of likely N-dealkylation sites (N-methyl/N-ethyl adjacent to an activating group) is 1. The van der Waals surface area contributed by atoms with Gasteiger partial charge in [-0.15, -0.1) is 0 Å². The number of aryl methyl sites for hydroxylation is 1. The van der Waals surface area contributed by atoms with E-state index >= 15 is 0 Å². The minimum atomic E-state index is -0.934. The standard InChI is InChI=1S/C32H41N7O5/c1-20(2)17-25-31(43)37(4)21(3)29(41)35-24(18-22-11-7-6-8-12-22)30(42)33-15-16-39(19-27(40)34-25)32(44)28-23-13-9-10-14-26(23)38(5)36-28/h6-14,20-21,24-25H,15-19H2,1-5H3,(H,33,42)(H,34,40)(H,35,41)/t21-,24-,25-/m0/s1. The second-order valence-electron chi connectivity index (χ2n) is 11.6. The van der Waals surface area contributed by atoms with E-state index in [0.717, 1.165) is 11.1 Å². The van der Waals surface area contributed by atoms with Crippen molar-refractivity contribution in [3.05, 3.63) is 65.9 Å². The fourth-order valence-corrected chi connectivity index (χ4v) is 5.28. The van der Waals surface area contributed by atoms with E-state index in [9.17, 15) is 24.0 Å². The van der Waals surface area contributed by atoms with Crippen molar-refractivity contribution in [2.75, 3.05) is 26.7 Å². The molecule has 234 valence electrons. The number of nitrogens with zero attached hydrogens (tertiary/aromatic N) is 4. The van der Waals surface area contributed by atoms with Crippen molar-refractivity contribution in [1.82, 2.24) is 35.5 Å². The summed E-state index contributed by atoms with van der Waals surface area (Å²) in [4.78, 5) is 70.2. The third kappa shape index (κ3) is 7.61. The first-order chi connectivity index (χ1) is 21.0. The molecule has 1 saturated heterocycles. The summed E-state index contributed by atoms with van der Waals surface area (Å²) in [6, 6.07) is 13.8. The predicted molar refractivity (Wildman–Crippen MR) is 165 cm³/mol. The molecule has 0 radical (unpaired) electrons. The lowest BCUT2D eigenvalue weighted by Gasteiger charge is -2.30. The monoisotopic (exact) mass is 603 g/mol. The Morgan fingerprint density at radius 1 is 0.932 bits per heavy atom. The van der Waals surface area contributed by atoms with Crippen LogP contribution in [0.2, 0.25) is 0 Å². The number of carbonyl (C=O) groups is 5. The average Bonchev–Trinajstić information content (AvgIpc) is 3.34. The van der Waals surface area contributed by atoms with Gasteiger partial charge >= 0.3 is 0 Å². The molecule has 3 N–H and O–H groups in total. The van der Waals surface area contributed by atoms with Crippen molar-refractivity contribution in [3.8, 4) is 0 Å². The summed E-state index contributed by atoms with van der Waals surface area (Å²) >= 11 is 0. The molecule has 44 heavy (non-hydrogen) atoms. The van der Waals surface area contributed by atoms with Crippen LogP contribution < -0.4 is 16.0 Å². The van der Waals surface area contributed by atoms with Crippen LogP contribution in [-0.4, -0.2) is 93.9 Å². The molecule has 1 aliphatic heterocycles. The van der Waals surface area contributed by atoms with Crippen molar-refractivity contribution in [2.45, 2.75) is 51.7 Å². The minimum absolute atomic E-state index is 0.00596. The Balaban J connectivity index is 1.67. The zero-order valence-corrected chi connectivity index (χ0v) is 25.9. The van der Waals surface area contributed by atoms with Gasteiger partial charge in [0.1, 0.15) is 18.1 Å². The van der Waals surface area contributed by atoms with Gasteiger partial charge in [0.05, 0.1) is 12.1 Å². The van der Waals surface area contributed by atoms with Crippen LogP contribution in [0, 0.1) is 5.92 Å². The molecule has 12 nitrogen and oxygen atoms in total. The van der Waals surface area contributed by atoms with E-state index in [1.54, 1.807) is 30.8 Å². The lowest BCUT2D eigenvalue weighted by molar-refractivity contribution is -0.142. The molecule has 2 aromatic carbocycles. The maximum absolute atomic E-state index is 13.8. The molecule has 5 amide bonds. The maximum Gasteiger partial charge on any atom is 0.275 e. The summed E-state index contributed by atoms with van der Waals surface area (Å²) in [6.45, 7) is 5.10. The molecule has 0 unspecified atom stereocenters. The normalized spacial score (nSPS) is 21.0. The summed E-state index contributed by atoms with van der Waals surface area (Å²) in [5.41, 5.74) is 1.78. The average molecular weight is 604 g/mol. The minimum Gasteiger partial charge on any atom is -0.353 e. The van der Waals surface area contributed by atoms with Crippen LogP contribution in [-0.2, 0) is 32.6 Å². The number of para-hydroxylation sites is 1. The van der Waals surface area contributed by atoms with Gasteiger partial charge in [-0.25, -0.2) is 0 Å². The van der Waals surface area contributed by atoms with E-state index in [0.29, 0.717) is 11.8 Å². The van der Waals surface area contributed by atoms with Crippen LogP contribution in [0.3, 0.4) is 0 Å². The molecule has 2 heterocycles. The van der Waals surface area contributed by atoms with Crippen molar-refractivity contribution < 1.29 is 24.0 Å². The Labute approximate surface area is 257 Å². The van der Waals surface area contributed by atoms with Crippen molar-refractivity contribution in [2.24, 2.45) is 13.0 Å². The maximum atomic E-state index is 13.8. The molecule has 12 heteroatoms. The zero-order valence-electron chi connectivity index (χ0n) is 25.9. The van der Waals surface area contributed by atoms with E-state index in [1.807, 2.05) is 56.3 Å². The van der Waals surface area contributed by atoms with E-state index in [1.165, 1.54) is 16.8 Å². The van der Waals surface area contributed by atoms with Crippen LogP contribution >= 0.6 is 0 Å². The number of amides is 5. The van der Waals surface area contributed by atoms with E-state index in [2.05, 4.69) is 21.0 Å². The number of benzene rings is 2. The van der Waals surface area contributed by atoms with Crippen molar-refractivity contribution in [1.29, 1.82) is 0 Å². The van der Waals surface area contributed by atoms with Crippen LogP contribution in [0.4, 0.5) is 0 Å². The van der Waals surface area contributed by atoms with Gasteiger partial charge in [0.2, 0.25) is 23.6 Å². The van der Waals surface area contributed by atoms with Gasteiger partial charge in [0.15, 0.2) is 5.69 Å². The first-order valence-electron chi connectivity index (χ1n) is 14.8. The second-order valence-corrected chi connectivity index (χ2v) is 11.6. The second kappa shape index (κ2) is 14.2. The Morgan fingerprint density at radius 2 is 1.61 bits per heavy atom. The highest BCUT2D eigenvalue weighted by molar-refractivity contribution is 6.06. The number of hydrogen-bond acceptors (Lipinski definition) is 6. The number of rotatable bonds is 5. The molecular formula is C32H41N7O5. The zero-order chi connectivity index (χ0) is 32.0. The molecule has 0 bridgehead atoms. The highest BCUT2D eigenvalue weighted by Gasteiger charge is 2.33. The van der Waals surface area contributed by atoms with Gasteiger partial charge in [-0.2, -0.15) is 5.10 Å². The molecule has 3 atom stereocenters. The topological polar surface area (TPSA) is 146 Å². The SMILES string of the molecule is CC(C)C[C@@H]1NC(=O)CN(C(=O)c2nn(C)c3ccccc23)CCNC(=O)[C@H](Cc2ccccc2)NC(=O)[C@H](C)N(C)C1=O. The van der Waals surface area contributed by atoms with Gasteiger partial charge in [0, 0.05) is 39.0 Å². The Bertz CT molecular complexity index is 1520. The highest BCUT2D eigenvalue weighted by Crippen LogP contribution is 2.19. The van der Waals surface area contributed by atoms with E-state index in [-0.39, 0.29) is 37.7 Å². The number of carbonyl (C=O) groups excluding carboxylic acids is 5. The third-order valence-electron chi connectivity index (χ3n) is 7.83. The van der Waals surface area contributed by atoms with Gasteiger partial charge in [-0.1, -0.05) is 62.4 Å². The first-order valence-corrected chi connectivity index (χ1v) is 14.8. The van der Waals surface area contributed by atoms with Crippen LogP contribution in [0.5, 0.6) is 0 Å². The molecule has 0 aliphatic carbocycles. The molecule has 3 aromatic rings. The van der Waals surface area contributed by atoms with Gasteiger partial charge in [-0.3, -0.25) is 28.7 Å². The molecular weight excluding hydrogens is 562 g/mol. The molecule has 0 saturated carbocycles. The lowest BCUT2D eigenvalue weighted by Crippen LogP contribution is -2.57. The van der Waals surface area contributed by atoms with Gasteiger partial charge in [-0.05, 0) is 30.9 Å². The Morgan fingerprint density at radius 3 is 2.32 bits per heavy atom. The Hall–Kier alpha value is -4.74. The molecule has 1 aromatic heterocycles. The number of hydrogen-bond donors (Lipinski definition) is 3. The first kappa shape index (κ1) is 32.2. The number of fused-ring (bicyclic) bond motifs is 1. The molecule has 4 rings (SSSR count). The fourth-order valence-electron chi connectivity index (χ4n) is 5.28. The van der Waals surface area contributed by atoms with Crippen LogP contribution in [0.15, 0.2) is 54.6 Å². The summed E-state index contributed by atoms with van der Waals surface area (Å²) in [5.74, 6) is -2.36. The number of nitrogens with one attached hydrogen (secondary N) is 3. The third-order valence-corrected chi connectivity index (χ3v) is 7.83.